The second-order valence-corrected chi connectivity index (χ2v) is 14.1. The zero-order valence-corrected chi connectivity index (χ0v) is 24.3. The average molecular weight is 534 g/mol. The maximum atomic E-state index is 13.6. The molecule has 4 saturated carbocycles. The van der Waals surface area contributed by atoms with Crippen molar-refractivity contribution in [1.82, 2.24) is 0 Å². The van der Waals surface area contributed by atoms with Crippen molar-refractivity contribution < 1.29 is 32.7 Å². The Balaban J connectivity index is 1.42. The molecule has 6 heteroatoms. The van der Waals surface area contributed by atoms with E-state index in [1.54, 1.807) is 13.8 Å². The summed E-state index contributed by atoms with van der Waals surface area (Å²) >= 11 is 0. The number of ether oxygens (including phenoxy) is 3. The smallest absolute Gasteiger partial charge is 0.303 e. The van der Waals surface area contributed by atoms with Gasteiger partial charge in [-0.25, -0.2) is 0 Å². The monoisotopic (exact) mass is 533 g/mol. The van der Waals surface area contributed by atoms with Gasteiger partial charge in [0.05, 0.1) is 12.2 Å². The Morgan fingerprint density at radius 1 is 0.974 bits per heavy atom. The van der Waals surface area contributed by atoms with Gasteiger partial charge in [0.1, 0.15) is 18.0 Å². The van der Waals surface area contributed by atoms with Crippen LogP contribution in [-0.4, -0.2) is 42.1 Å². The first-order chi connectivity index (χ1) is 19.0. The molecule has 4 aliphatic carbocycles. The number of carbonyl (C=O) groups excluding carboxylic acids is 3. The lowest BCUT2D eigenvalue weighted by atomic mass is 9.44. The summed E-state index contributed by atoms with van der Waals surface area (Å²) in [6, 6.07) is 0. The Kier molecular flexibility index (Phi) is 6.34. The molecule has 1 aliphatic heterocycles. The van der Waals surface area contributed by atoms with Crippen molar-refractivity contribution in [3.8, 4) is 0 Å². The van der Waals surface area contributed by atoms with E-state index < -0.39 is 42.8 Å². The highest BCUT2D eigenvalue weighted by atomic mass is 16.6. The van der Waals surface area contributed by atoms with Crippen LogP contribution >= 0.6 is 0 Å². The maximum Gasteiger partial charge on any atom is 0.303 e. The van der Waals surface area contributed by atoms with Gasteiger partial charge in [-0.1, -0.05) is 41.5 Å². The van der Waals surface area contributed by atoms with Crippen LogP contribution in [-0.2, 0) is 28.6 Å². The van der Waals surface area contributed by atoms with Gasteiger partial charge in [0, 0.05) is 36.2 Å². The quantitative estimate of drug-likeness (QED) is 0.295. The molecular weight excluding hydrogens is 480 g/mol. The molecule has 214 valence electrons. The minimum Gasteiger partial charge on any atom is -0.458 e. The van der Waals surface area contributed by atoms with Gasteiger partial charge >= 0.3 is 11.9 Å². The lowest BCUT2D eigenvalue weighted by Gasteiger charge is -2.59. The highest BCUT2D eigenvalue weighted by molar-refractivity contribution is 5.83. The zero-order valence-electron chi connectivity index (χ0n) is 27.3. The fourth-order valence-electron chi connectivity index (χ4n) is 10.1. The van der Waals surface area contributed by atoms with Crippen molar-refractivity contribution >= 4 is 17.7 Å². The van der Waals surface area contributed by atoms with E-state index in [4.69, 9.17) is 18.3 Å². The number of rotatable bonds is 7. The first kappa shape index (κ1) is 24.4. The Bertz CT molecular complexity index is 1060. The van der Waals surface area contributed by atoms with Gasteiger partial charge in [0.25, 0.3) is 0 Å². The van der Waals surface area contributed by atoms with E-state index in [0.29, 0.717) is 36.1 Å². The minimum atomic E-state index is -2.24. The predicted octanol–water partition coefficient (Wildman–Crippen LogP) is 5.99. The molecular formula is C32H50O6. The van der Waals surface area contributed by atoms with Crippen molar-refractivity contribution in [2.24, 2.45) is 58.2 Å². The molecule has 0 aromatic heterocycles. The second-order valence-electron chi connectivity index (χ2n) is 14.1. The molecule has 14 atom stereocenters. The first-order valence-corrected chi connectivity index (χ1v) is 15.0. The van der Waals surface area contributed by atoms with Gasteiger partial charge in [0.15, 0.2) is 0 Å². The van der Waals surface area contributed by atoms with Crippen LogP contribution in [0.5, 0.6) is 0 Å². The second kappa shape index (κ2) is 9.89. The molecule has 5 aliphatic rings. The first-order valence-electron chi connectivity index (χ1n) is 16.5. The third-order valence-corrected chi connectivity index (χ3v) is 12.2. The Hall–Kier alpha value is -1.43. The number of ketones is 1. The van der Waals surface area contributed by atoms with Gasteiger partial charge in [-0.2, -0.15) is 0 Å². The van der Waals surface area contributed by atoms with Crippen LogP contribution in [0.25, 0.3) is 0 Å². The number of esters is 2. The van der Waals surface area contributed by atoms with Gasteiger partial charge in [-0.15, -0.1) is 0 Å². The molecule has 38 heavy (non-hydrogen) atoms. The number of epoxide rings is 1. The molecule has 6 nitrogen and oxygen atoms in total. The SMILES string of the molecule is [2H]C([2H])([2H])C(C)[C@H](C)[C@@H](OC(C)=O)[C@H](OC(C)=O)[C@@H](C)[C@H]1CC[C@H]2[C@@H]3CC(=O)[C@H]4C[C@@H]5O[C@@H]5C[C@]4(C)[C@H]3CC[C@]12C. The van der Waals surface area contributed by atoms with Crippen LogP contribution in [0.4, 0.5) is 0 Å². The van der Waals surface area contributed by atoms with Crippen molar-refractivity contribution in [3.05, 3.63) is 0 Å². The molecule has 0 aromatic carbocycles. The van der Waals surface area contributed by atoms with E-state index in [2.05, 4.69) is 20.8 Å². The number of carbonyl (C=O) groups is 3. The van der Waals surface area contributed by atoms with Crippen LogP contribution in [0, 0.1) is 58.2 Å². The van der Waals surface area contributed by atoms with E-state index in [-0.39, 0.29) is 34.7 Å². The summed E-state index contributed by atoms with van der Waals surface area (Å²) in [5.41, 5.74) is -0.0420. The number of fused-ring (bicyclic) bond motifs is 6. The Labute approximate surface area is 233 Å². The Morgan fingerprint density at radius 3 is 2.29 bits per heavy atom. The molecule has 1 saturated heterocycles. The largest absolute Gasteiger partial charge is 0.458 e. The molecule has 0 aromatic rings. The molecule has 5 rings (SSSR count). The van der Waals surface area contributed by atoms with E-state index in [1.807, 2.05) is 0 Å². The van der Waals surface area contributed by atoms with E-state index in [1.165, 1.54) is 13.8 Å². The third-order valence-electron chi connectivity index (χ3n) is 12.2. The summed E-state index contributed by atoms with van der Waals surface area (Å²) < 4.78 is 41.7. The van der Waals surface area contributed by atoms with Crippen molar-refractivity contribution in [3.63, 3.8) is 0 Å². The fourth-order valence-corrected chi connectivity index (χ4v) is 10.1. The topological polar surface area (TPSA) is 82.2 Å². The molecule has 0 N–H and O–H groups in total. The highest BCUT2D eigenvalue weighted by Gasteiger charge is 2.66. The lowest BCUT2D eigenvalue weighted by Crippen LogP contribution is -2.57. The normalized spacial score (nSPS) is 46.8. The van der Waals surface area contributed by atoms with E-state index in [0.717, 1.165) is 38.5 Å². The standard InChI is InChI=1S/C32H50O6/c1-16(2)17(3)29(36-19(5)33)30(37-20(6)34)18(4)22-9-10-23-21-13-26(35)25-14-27-28(38-27)15-32(25,8)24(21)11-12-31(22,23)7/h16-18,21-25,27-30H,9-15H2,1-8H3/t17-,18-,21-,22+,23-,24-,25+,27-,28+,29+,30+,31+,32+/m0/s1/i1D3/t16?,17-,18-,21-,22+,23-,24-,25+,27-,28+,29+,30+,31+,32+. The van der Waals surface area contributed by atoms with E-state index >= 15 is 0 Å². The summed E-state index contributed by atoms with van der Waals surface area (Å²) in [5.74, 6) is -0.453. The fraction of sp³-hybridized carbons (Fsp3) is 0.906. The van der Waals surface area contributed by atoms with Crippen LogP contribution in [0.1, 0.15) is 104 Å². The summed E-state index contributed by atoms with van der Waals surface area (Å²) in [4.78, 5) is 38.3. The van der Waals surface area contributed by atoms with Crippen molar-refractivity contribution in [2.75, 3.05) is 0 Å². The summed E-state index contributed by atoms with van der Waals surface area (Å²) in [6.07, 6.45) is 5.62. The maximum absolute atomic E-state index is 13.6. The zero-order chi connectivity index (χ0) is 30.2. The summed E-state index contributed by atoms with van der Waals surface area (Å²) in [5, 5.41) is 0. The van der Waals surface area contributed by atoms with E-state index in [9.17, 15) is 14.4 Å². The van der Waals surface area contributed by atoms with Gasteiger partial charge in [-0.3, -0.25) is 14.4 Å². The van der Waals surface area contributed by atoms with Crippen LogP contribution < -0.4 is 0 Å². The molecule has 0 radical (unpaired) electrons. The number of hydrogen-bond acceptors (Lipinski definition) is 6. The average Bonchev–Trinajstić information content (AvgIpc) is 3.52. The predicted molar refractivity (Wildman–Crippen MR) is 144 cm³/mol. The van der Waals surface area contributed by atoms with Gasteiger partial charge in [0.2, 0.25) is 0 Å². The summed E-state index contributed by atoms with van der Waals surface area (Å²) in [6.45, 7) is 10.7. The van der Waals surface area contributed by atoms with Crippen molar-refractivity contribution in [1.29, 1.82) is 0 Å². The van der Waals surface area contributed by atoms with Crippen LogP contribution in [0.3, 0.4) is 0 Å². The minimum absolute atomic E-state index is 0.00421. The Morgan fingerprint density at radius 2 is 1.63 bits per heavy atom. The summed E-state index contributed by atoms with van der Waals surface area (Å²) in [7, 11) is 0. The highest BCUT2D eigenvalue weighted by Crippen LogP contribution is 2.69. The number of Topliss-reactive ketones (excluding diaryl/α,β-unsaturated/α-hetero) is 1. The molecule has 5 fully saturated rings. The number of hydrogen-bond donors (Lipinski definition) is 0. The molecule has 0 spiro atoms. The molecule has 1 heterocycles. The van der Waals surface area contributed by atoms with Gasteiger partial charge < -0.3 is 14.2 Å². The van der Waals surface area contributed by atoms with Gasteiger partial charge in [-0.05, 0) is 84.9 Å². The lowest BCUT2D eigenvalue weighted by molar-refractivity contribution is -0.181. The van der Waals surface area contributed by atoms with Crippen molar-refractivity contribution in [2.45, 2.75) is 125 Å². The van der Waals surface area contributed by atoms with Crippen LogP contribution in [0.2, 0.25) is 0 Å². The molecule has 0 bridgehead atoms. The molecule has 1 unspecified atom stereocenters. The molecule has 0 amide bonds. The van der Waals surface area contributed by atoms with Crippen LogP contribution in [0.15, 0.2) is 0 Å². The third kappa shape index (κ3) is 4.55.